The molecule has 2 aliphatic rings. The maximum Gasteiger partial charge on any atom is -1.00 e. The van der Waals surface area contributed by atoms with Crippen molar-refractivity contribution in [3.8, 4) is 0 Å². The minimum absolute atomic E-state index is 0. The Morgan fingerprint density at radius 1 is 1.07 bits per heavy atom. The molecule has 0 saturated heterocycles. The molecule has 0 spiro atoms. The van der Waals surface area contributed by atoms with Crippen molar-refractivity contribution < 1.29 is 58.7 Å². The van der Waals surface area contributed by atoms with E-state index in [1.165, 1.54) is 55.8 Å². The van der Waals surface area contributed by atoms with Crippen molar-refractivity contribution in [1.29, 1.82) is 0 Å². The zero-order valence-corrected chi connectivity index (χ0v) is 21.2. The van der Waals surface area contributed by atoms with Gasteiger partial charge in [-0.25, -0.2) is 0 Å². The Kier molecular flexibility index (Phi) is 9.51. The largest absolute Gasteiger partial charge is 1.00 e. The summed E-state index contributed by atoms with van der Waals surface area (Å²) in [6.45, 7) is 10.0. The summed E-state index contributed by atoms with van der Waals surface area (Å²) in [6.07, 6.45) is 7.59. The van der Waals surface area contributed by atoms with E-state index in [0.717, 1.165) is 12.2 Å². The summed E-state index contributed by atoms with van der Waals surface area (Å²) in [5.74, 6) is 0.983. The van der Waals surface area contributed by atoms with Crippen LogP contribution < -0.4 is 24.8 Å². The Balaban J connectivity index is 0.00000182. The molecule has 1 aromatic rings. The topological polar surface area (TPSA) is 18.5 Å². The van der Waals surface area contributed by atoms with E-state index < -0.39 is 8.32 Å². The van der Waals surface area contributed by atoms with E-state index in [-0.39, 0.29) is 24.8 Å². The maximum atomic E-state index is 5.92. The quantitative estimate of drug-likeness (QED) is 0.387. The van der Waals surface area contributed by atoms with Gasteiger partial charge < -0.3 is 24.8 Å². The van der Waals surface area contributed by atoms with E-state index in [2.05, 4.69) is 69.1 Å². The van der Waals surface area contributed by atoms with Crippen molar-refractivity contribution >= 4 is 17.2 Å². The van der Waals surface area contributed by atoms with Crippen LogP contribution in [0.25, 0.3) is 8.85 Å². The summed E-state index contributed by atoms with van der Waals surface area (Å²) in [6, 6.07) is 8.73. The number of benzene rings is 1. The number of ether oxygens (including phenoxy) is 1. The second-order valence-electron chi connectivity index (χ2n) is 7.29. The molecule has 0 atom stereocenters. The van der Waals surface area contributed by atoms with Crippen LogP contribution in [0.5, 0.6) is 0 Å². The number of rotatable bonds is 6. The molecule has 2 nitrogen and oxygen atoms in total. The van der Waals surface area contributed by atoms with Gasteiger partial charge in [-0.1, -0.05) is 0 Å². The van der Waals surface area contributed by atoms with E-state index in [0.29, 0.717) is 13.2 Å². The van der Waals surface area contributed by atoms with Crippen molar-refractivity contribution in [2.24, 2.45) is 0 Å². The third kappa shape index (κ3) is 5.81. The van der Waals surface area contributed by atoms with Gasteiger partial charge in [0.1, 0.15) is 0 Å². The van der Waals surface area contributed by atoms with Crippen LogP contribution in [0.1, 0.15) is 24.5 Å². The van der Waals surface area contributed by atoms with Gasteiger partial charge in [0, 0.05) is 0 Å². The maximum absolute atomic E-state index is 5.92. The second kappa shape index (κ2) is 10.4. The molecule has 0 fully saturated rings. The van der Waals surface area contributed by atoms with Crippen molar-refractivity contribution in [3.05, 3.63) is 70.5 Å². The molecule has 3 rings (SSSR count). The summed E-state index contributed by atoms with van der Waals surface area (Å²) in [7, 11) is -1.46. The van der Waals surface area contributed by atoms with Crippen LogP contribution in [0.2, 0.25) is 19.6 Å². The van der Waals surface area contributed by atoms with Crippen LogP contribution in [-0.2, 0) is 33.9 Å². The van der Waals surface area contributed by atoms with Gasteiger partial charge in [-0.2, -0.15) is 0 Å². The van der Waals surface area contributed by atoms with Crippen LogP contribution in [-0.4, -0.2) is 21.5 Å². The van der Waals surface area contributed by atoms with Gasteiger partial charge >= 0.3 is 168 Å². The van der Waals surface area contributed by atoms with Gasteiger partial charge in [-0.15, -0.1) is 0 Å². The smallest absolute Gasteiger partial charge is 1.00 e. The van der Waals surface area contributed by atoms with E-state index in [4.69, 9.17) is 9.16 Å². The second-order valence-corrected chi connectivity index (χ2v) is 13.0. The fraction of sp³-hybridized carbons (Fsp3) is 0.333. The van der Waals surface area contributed by atoms with Gasteiger partial charge in [0.15, 0.2) is 0 Å². The first kappa shape index (κ1) is 24.7. The molecule has 0 N–H and O–H groups in total. The predicted molar refractivity (Wildman–Crippen MR) is 103 cm³/mol. The van der Waals surface area contributed by atoms with Crippen molar-refractivity contribution in [1.82, 2.24) is 0 Å². The summed E-state index contributed by atoms with van der Waals surface area (Å²) in [5.41, 5.74) is 6.91. The van der Waals surface area contributed by atoms with Crippen molar-refractivity contribution in [2.45, 2.75) is 33.0 Å². The minimum Gasteiger partial charge on any atom is -1.00 e. The van der Waals surface area contributed by atoms with Gasteiger partial charge in [0.2, 0.25) is 0 Å². The Hall–Kier alpha value is -0.380. The molecule has 0 aromatic heterocycles. The Labute approximate surface area is 191 Å². The number of hydrogen-bond donors (Lipinski definition) is 0. The minimum atomic E-state index is -1.46. The fourth-order valence-corrected chi connectivity index (χ4v) is 5.21. The first-order valence-corrected chi connectivity index (χ1v) is 13.4. The van der Waals surface area contributed by atoms with Crippen molar-refractivity contribution in [3.63, 3.8) is 0 Å². The van der Waals surface area contributed by atoms with Gasteiger partial charge in [-0.3, -0.25) is 0 Å². The SMILES string of the molecule is CC=C1C(C2=CC(OCCO[Si](C)(C)C)=CC2)=[C]([Zr+2])c2ccccc21.[Cl-].[Cl-]. The monoisotopic (exact) mass is 497 g/mol. The molecule has 0 unspecified atom stereocenters. The first-order chi connectivity index (χ1) is 11.9. The van der Waals surface area contributed by atoms with Crippen LogP contribution in [0.15, 0.2) is 59.4 Å². The molecular weight excluding hydrogens is 474 g/mol. The average Bonchev–Trinajstić information content (AvgIpc) is 3.13. The molecule has 0 bridgehead atoms. The normalized spacial score (nSPS) is 17.2. The van der Waals surface area contributed by atoms with Crippen LogP contribution in [0, 0.1) is 0 Å². The van der Waals surface area contributed by atoms with E-state index in [1.807, 2.05) is 0 Å². The fourth-order valence-electron chi connectivity index (χ4n) is 3.26. The summed E-state index contributed by atoms with van der Waals surface area (Å²) >= 11 is 1.46. The Morgan fingerprint density at radius 2 is 1.74 bits per heavy atom. The predicted octanol–water partition coefficient (Wildman–Crippen LogP) is -0.548. The van der Waals surface area contributed by atoms with E-state index >= 15 is 0 Å². The Morgan fingerprint density at radius 3 is 2.37 bits per heavy atom. The molecule has 0 amide bonds. The molecule has 0 radical (unpaired) electrons. The molecular formula is C21H25Cl2O2SiZr. The van der Waals surface area contributed by atoms with Crippen LogP contribution >= 0.6 is 0 Å². The number of allylic oxidation sites excluding steroid dienone is 6. The standard InChI is InChI=1S/C21H25O2Si.2ClH.Zr/c1-5-19-20-9-7-6-8-16(20)15-21(19)17-10-11-18(14-17)22-12-13-23-24(2,3)4;;;/h5-9,11,14H,10,12-13H2,1-4H3;2*1H;/q;;;+2/p-2. The number of fused-ring (bicyclic) bond motifs is 1. The van der Waals surface area contributed by atoms with E-state index in [9.17, 15) is 0 Å². The zero-order chi connectivity index (χ0) is 18.0. The molecule has 0 saturated carbocycles. The Bertz CT molecular complexity index is 805. The van der Waals surface area contributed by atoms with Gasteiger partial charge in [0.25, 0.3) is 0 Å². The molecule has 1 aromatic carbocycles. The number of halogens is 2. The summed E-state index contributed by atoms with van der Waals surface area (Å²) < 4.78 is 13.2. The summed E-state index contributed by atoms with van der Waals surface area (Å²) in [4.78, 5) is 0. The van der Waals surface area contributed by atoms with Gasteiger partial charge in [0.05, 0.1) is 0 Å². The molecule has 2 aliphatic carbocycles. The van der Waals surface area contributed by atoms with Crippen LogP contribution in [0.3, 0.4) is 0 Å². The molecule has 27 heavy (non-hydrogen) atoms. The van der Waals surface area contributed by atoms with Gasteiger partial charge in [-0.05, 0) is 0 Å². The third-order valence-corrected chi connectivity index (χ3v) is 6.69. The molecule has 0 heterocycles. The molecule has 143 valence electrons. The molecule has 6 heteroatoms. The average molecular weight is 500 g/mol. The van der Waals surface area contributed by atoms with Crippen molar-refractivity contribution in [2.75, 3.05) is 13.2 Å². The summed E-state index contributed by atoms with van der Waals surface area (Å²) in [5, 5.41) is 0. The zero-order valence-electron chi connectivity index (χ0n) is 16.2. The van der Waals surface area contributed by atoms with Crippen LogP contribution in [0.4, 0.5) is 0 Å². The third-order valence-electron chi connectivity index (χ3n) is 4.34. The number of hydrogen-bond acceptors (Lipinski definition) is 2. The van der Waals surface area contributed by atoms with E-state index in [1.54, 1.807) is 0 Å². The first-order valence-electron chi connectivity index (χ1n) is 8.81. The molecule has 0 aliphatic heterocycles.